The summed E-state index contributed by atoms with van der Waals surface area (Å²) in [5.74, 6) is -0.308. The lowest BCUT2D eigenvalue weighted by atomic mass is 10.3. The summed E-state index contributed by atoms with van der Waals surface area (Å²) in [7, 11) is 0. The fourth-order valence-electron chi connectivity index (χ4n) is 1.33. The van der Waals surface area contributed by atoms with Crippen molar-refractivity contribution in [3.8, 4) is 0 Å². The van der Waals surface area contributed by atoms with Gasteiger partial charge in [0.2, 0.25) is 5.76 Å². The Morgan fingerprint density at radius 1 is 1.60 bits per heavy atom. The van der Waals surface area contributed by atoms with E-state index < -0.39 is 5.97 Å². The van der Waals surface area contributed by atoms with E-state index in [0.717, 1.165) is 13.2 Å². The second-order valence-corrected chi connectivity index (χ2v) is 5.09. The van der Waals surface area contributed by atoms with Crippen molar-refractivity contribution < 1.29 is 19.1 Å². The first kappa shape index (κ1) is 10.6. The lowest BCUT2D eigenvalue weighted by molar-refractivity contribution is 0.0452. The Morgan fingerprint density at radius 3 is 2.80 bits per heavy atom. The highest BCUT2D eigenvalue weighted by Crippen LogP contribution is 2.35. The summed E-state index contributed by atoms with van der Waals surface area (Å²) in [6.45, 7) is 3.57. The van der Waals surface area contributed by atoms with E-state index in [2.05, 4.69) is 0 Å². The van der Waals surface area contributed by atoms with E-state index in [1.165, 1.54) is 6.07 Å². The second-order valence-electron chi connectivity index (χ2n) is 3.44. The summed E-state index contributed by atoms with van der Waals surface area (Å²) in [5, 5.41) is 9.38. The van der Waals surface area contributed by atoms with Gasteiger partial charge in [0.15, 0.2) is 0 Å². The molecule has 0 amide bonds. The molecule has 1 aromatic rings. The number of carboxylic acids is 1. The smallest absolute Gasteiger partial charge is 0.371 e. The minimum atomic E-state index is -1.02. The zero-order valence-corrected chi connectivity index (χ0v) is 9.12. The molecule has 1 aromatic heterocycles. The fraction of sp³-hybridized carbons (Fsp3) is 0.500. The summed E-state index contributed by atoms with van der Waals surface area (Å²) in [4.78, 5) is 10.6. The highest BCUT2D eigenvalue weighted by Gasteiger charge is 2.24. The minimum absolute atomic E-state index is 0.00214. The zero-order chi connectivity index (χ0) is 10.8. The van der Waals surface area contributed by atoms with Gasteiger partial charge in [-0.25, -0.2) is 4.79 Å². The predicted octanol–water partition coefficient (Wildman–Crippen LogP) is 2.17. The van der Waals surface area contributed by atoms with Crippen molar-refractivity contribution in [3.63, 3.8) is 0 Å². The number of aromatic carboxylic acids is 1. The van der Waals surface area contributed by atoms with E-state index >= 15 is 0 Å². The normalized spacial score (nSPS) is 18.5. The van der Waals surface area contributed by atoms with Crippen LogP contribution < -0.4 is 0 Å². The highest BCUT2D eigenvalue weighted by atomic mass is 32.2. The number of thioether (sulfide) groups is 1. The summed E-state index contributed by atoms with van der Waals surface area (Å²) in [5.41, 5.74) is 0. The van der Waals surface area contributed by atoms with Crippen LogP contribution in [0.5, 0.6) is 0 Å². The third-order valence-corrected chi connectivity index (χ3v) is 3.54. The molecule has 1 aliphatic heterocycles. The third kappa shape index (κ3) is 2.35. The van der Waals surface area contributed by atoms with E-state index in [9.17, 15) is 4.79 Å². The molecule has 2 heterocycles. The lowest BCUT2D eigenvalue weighted by Gasteiger charge is -2.27. The molecule has 15 heavy (non-hydrogen) atoms. The van der Waals surface area contributed by atoms with Gasteiger partial charge in [0, 0.05) is 0 Å². The standard InChI is InChI=1S/C10H12O4S/c1-6(15-7-4-13-5-7)8-2-3-9(14-8)10(11)12/h2-3,6-7H,4-5H2,1H3,(H,11,12). The van der Waals surface area contributed by atoms with Gasteiger partial charge in [-0.2, -0.15) is 0 Å². The Kier molecular flexibility index (Phi) is 3.02. The molecular formula is C10H12O4S. The molecule has 0 bridgehead atoms. The molecule has 1 atom stereocenters. The average Bonchev–Trinajstić information content (AvgIpc) is 2.59. The Hall–Kier alpha value is -0.940. The van der Waals surface area contributed by atoms with E-state index in [1.807, 2.05) is 6.92 Å². The SMILES string of the molecule is CC(SC1COC1)c1ccc(C(=O)O)o1. The first-order chi connectivity index (χ1) is 7.16. The van der Waals surface area contributed by atoms with E-state index in [4.69, 9.17) is 14.3 Å². The number of hydrogen-bond donors (Lipinski definition) is 1. The third-order valence-electron chi connectivity index (χ3n) is 2.24. The number of hydrogen-bond acceptors (Lipinski definition) is 4. The molecule has 2 rings (SSSR count). The second kappa shape index (κ2) is 4.28. The van der Waals surface area contributed by atoms with Gasteiger partial charge in [-0.15, -0.1) is 11.8 Å². The van der Waals surface area contributed by atoms with Crippen LogP contribution in [-0.2, 0) is 4.74 Å². The number of furan rings is 1. The number of ether oxygens (including phenoxy) is 1. The molecule has 1 aliphatic rings. The number of carbonyl (C=O) groups is 1. The van der Waals surface area contributed by atoms with Gasteiger partial charge in [0.25, 0.3) is 0 Å². The van der Waals surface area contributed by atoms with Crippen molar-refractivity contribution in [2.45, 2.75) is 17.4 Å². The summed E-state index contributed by atoms with van der Waals surface area (Å²) in [6.07, 6.45) is 0. The van der Waals surface area contributed by atoms with Crippen LogP contribution in [0.25, 0.3) is 0 Å². The van der Waals surface area contributed by atoms with Crippen molar-refractivity contribution in [1.29, 1.82) is 0 Å². The first-order valence-corrected chi connectivity index (χ1v) is 5.67. The van der Waals surface area contributed by atoms with Crippen molar-refractivity contribution in [3.05, 3.63) is 23.7 Å². The van der Waals surface area contributed by atoms with Crippen LogP contribution in [0.15, 0.2) is 16.5 Å². The van der Waals surface area contributed by atoms with E-state index in [-0.39, 0.29) is 11.0 Å². The van der Waals surface area contributed by atoms with Crippen LogP contribution in [-0.4, -0.2) is 29.5 Å². The van der Waals surface area contributed by atoms with E-state index in [0.29, 0.717) is 11.0 Å². The molecule has 0 saturated carbocycles. The van der Waals surface area contributed by atoms with Crippen LogP contribution in [0.2, 0.25) is 0 Å². The number of rotatable bonds is 4. The Balaban J connectivity index is 1.97. The quantitative estimate of drug-likeness (QED) is 0.855. The fourth-order valence-corrected chi connectivity index (χ4v) is 2.52. The van der Waals surface area contributed by atoms with Crippen LogP contribution in [0.3, 0.4) is 0 Å². The zero-order valence-electron chi connectivity index (χ0n) is 8.30. The molecule has 4 nitrogen and oxygen atoms in total. The van der Waals surface area contributed by atoms with Gasteiger partial charge in [0.05, 0.1) is 23.7 Å². The first-order valence-electron chi connectivity index (χ1n) is 4.73. The van der Waals surface area contributed by atoms with Gasteiger partial charge in [-0.05, 0) is 19.1 Å². The Labute approximate surface area is 91.6 Å². The van der Waals surface area contributed by atoms with E-state index in [1.54, 1.807) is 17.8 Å². The molecule has 5 heteroatoms. The molecule has 0 aliphatic carbocycles. The van der Waals surface area contributed by atoms with Crippen molar-refractivity contribution in [1.82, 2.24) is 0 Å². The van der Waals surface area contributed by atoms with Gasteiger partial charge < -0.3 is 14.3 Å². The summed E-state index contributed by atoms with van der Waals surface area (Å²) >= 11 is 1.75. The Bertz CT molecular complexity index is 356. The Morgan fingerprint density at radius 2 is 2.33 bits per heavy atom. The monoisotopic (exact) mass is 228 g/mol. The van der Waals surface area contributed by atoms with Crippen LogP contribution in [0, 0.1) is 0 Å². The summed E-state index contributed by atoms with van der Waals surface area (Å²) in [6, 6.07) is 3.21. The highest BCUT2D eigenvalue weighted by molar-refractivity contribution is 8.00. The van der Waals surface area contributed by atoms with Gasteiger partial charge >= 0.3 is 5.97 Å². The van der Waals surface area contributed by atoms with Gasteiger partial charge in [-0.1, -0.05) is 0 Å². The topological polar surface area (TPSA) is 59.7 Å². The molecule has 0 spiro atoms. The minimum Gasteiger partial charge on any atom is -0.475 e. The maximum Gasteiger partial charge on any atom is 0.371 e. The average molecular weight is 228 g/mol. The molecule has 1 saturated heterocycles. The van der Waals surface area contributed by atoms with Gasteiger partial charge in [-0.3, -0.25) is 0 Å². The van der Waals surface area contributed by atoms with Crippen molar-refractivity contribution in [2.24, 2.45) is 0 Å². The predicted molar refractivity (Wildman–Crippen MR) is 56.3 cm³/mol. The molecule has 0 aromatic carbocycles. The maximum absolute atomic E-state index is 10.6. The molecule has 1 unspecified atom stereocenters. The molecule has 1 N–H and O–H groups in total. The molecule has 1 fully saturated rings. The van der Waals surface area contributed by atoms with Crippen LogP contribution in [0.4, 0.5) is 0 Å². The maximum atomic E-state index is 10.6. The number of carboxylic acid groups (broad SMARTS) is 1. The molecule has 82 valence electrons. The van der Waals surface area contributed by atoms with Crippen molar-refractivity contribution >= 4 is 17.7 Å². The molecular weight excluding hydrogens is 216 g/mol. The van der Waals surface area contributed by atoms with Gasteiger partial charge in [0.1, 0.15) is 5.76 Å². The molecule has 0 radical (unpaired) electrons. The lowest BCUT2D eigenvalue weighted by Crippen LogP contribution is -2.30. The van der Waals surface area contributed by atoms with Crippen LogP contribution in [0.1, 0.15) is 28.5 Å². The van der Waals surface area contributed by atoms with Crippen LogP contribution >= 0.6 is 11.8 Å². The largest absolute Gasteiger partial charge is 0.475 e. The summed E-state index contributed by atoms with van der Waals surface area (Å²) < 4.78 is 10.3. The van der Waals surface area contributed by atoms with Crippen molar-refractivity contribution in [2.75, 3.05) is 13.2 Å².